The van der Waals surface area contributed by atoms with E-state index in [0.29, 0.717) is 25.0 Å². The molecular weight excluding hydrogens is 256 g/mol. The van der Waals surface area contributed by atoms with Crippen LogP contribution < -0.4 is 15.8 Å². The molecule has 0 saturated carbocycles. The van der Waals surface area contributed by atoms with Crippen molar-refractivity contribution in [2.45, 2.75) is 32.4 Å². The van der Waals surface area contributed by atoms with Gasteiger partial charge in [-0.1, -0.05) is 0 Å². The van der Waals surface area contributed by atoms with Crippen LogP contribution in [0.3, 0.4) is 0 Å². The minimum absolute atomic E-state index is 0.259. The van der Waals surface area contributed by atoms with Gasteiger partial charge in [-0.3, -0.25) is 0 Å². The van der Waals surface area contributed by atoms with E-state index in [0.717, 1.165) is 31.6 Å². The van der Waals surface area contributed by atoms with Crippen molar-refractivity contribution in [3.05, 3.63) is 23.9 Å². The van der Waals surface area contributed by atoms with Gasteiger partial charge in [0.1, 0.15) is 0 Å². The Balaban J connectivity index is 1.79. The van der Waals surface area contributed by atoms with Gasteiger partial charge in [0, 0.05) is 25.4 Å². The number of aliphatic imine (C=N–C) groups is 1. The van der Waals surface area contributed by atoms with Gasteiger partial charge in [0.15, 0.2) is 5.96 Å². The predicted octanol–water partition coefficient (Wildman–Crippen LogP) is 1.06. The first kappa shape index (κ1) is 14.6. The molecule has 1 aromatic heterocycles. The standard InChI is InChI=1S/C14H22N4O2/c1-2-19-13-8-11(5-6-16-13)9-17-14(15)18-10-12-4-3-7-20-12/h5-6,8,12H,2-4,7,9-10H2,1H3,(H3,15,17,18). The number of rotatable bonds is 6. The summed E-state index contributed by atoms with van der Waals surface area (Å²) in [5, 5.41) is 3.09. The second kappa shape index (κ2) is 7.69. The van der Waals surface area contributed by atoms with E-state index < -0.39 is 0 Å². The van der Waals surface area contributed by atoms with Crippen LogP contribution in [0.25, 0.3) is 0 Å². The van der Waals surface area contributed by atoms with Crippen LogP contribution in [0, 0.1) is 0 Å². The molecule has 0 aromatic carbocycles. The summed E-state index contributed by atoms with van der Waals surface area (Å²) in [6, 6.07) is 3.78. The first-order valence-electron chi connectivity index (χ1n) is 7.01. The lowest BCUT2D eigenvalue weighted by Gasteiger charge is -2.11. The number of hydrogen-bond acceptors (Lipinski definition) is 4. The van der Waals surface area contributed by atoms with Crippen molar-refractivity contribution < 1.29 is 9.47 Å². The highest BCUT2D eigenvalue weighted by molar-refractivity contribution is 5.77. The molecule has 1 atom stereocenters. The zero-order valence-electron chi connectivity index (χ0n) is 11.8. The summed E-state index contributed by atoms with van der Waals surface area (Å²) < 4.78 is 10.9. The topological polar surface area (TPSA) is 81.8 Å². The number of pyridine rings is 1. The minimum Gasteiger partial charge on any atom is -0.478 e. The van der Waals surface area contributed by atoms with Gasteiger partial charge in [0.25, 0.3) is 0 Å². The highest BCUT2D eigenvalue weighted by atomic mass is 16.5. The van der Waals surface area contributed by atoms with Crippen LogP contribution in [0.2, 0.25) is 0 Å². The van der Waals surface area contributed by atoms with E-state index in [9.17, 15) is 0 Å². The fraction of sp³-hybridized carbons (Fsp3) is 0.571. The van der Waals surface area contributed by atoms with Crippen molar-refractivity contribution in [3.63, 3.8) is 0 Å². The molecule has 1 aromatic rings. The normalized spacial score (nSPS) is 19.1. The summed E-state index contributed by atoms with van der Waals surface area (Å²) in [5.41, 5.74) is 6.85. The van der Waals surface area contributed by atoms with Crippen molar-refractivity contribution >= 4 is 5.96 Å². The molecule has 0 spiro atoms. The lowest BCUT2D eigenvalue weighted by Crippen LogP contribution is -2.37. The maximum absolute atomic E-state index is 5.83. The molecule has 6 nitrogen and oxygen atoms in total. The summed E-state index contributed by atoms with van der Waals surface area (Å²) in [6.45, 7) is 4.60. The monoisotopic (exact) mass is 278 g/mol. The lowest BCUT2D eigenvalue weighted by atomic mass is 10.2. The van der Waals surface area contributed by atoms with E-state index in [4.69, 9.17) is 15.2 Å². The Morgan fingerprint density at radius 2 is 2.55 bits per heavy atom. The van der Waals surface area contributed by atoms with Crippen LogP contribution in [-0.2, 0) is 11.3 Å². The maximum Gasteiger partial charge on any atom is 0.213 e. The molecule has 3 N–H and O–H groups in total. The van der Waals surface area contributed by atoms with Gasteiger partial charge in [-0.15, -0.1) is 0 Å². The Morgan fingerprint density at radius 1 is 1.65 bits per heavy atom. The molecule has 20 heavy (non-hydrogen) atoms. The number of nitrogens with two attached hydrogens (primary N) is 1. The van der Waals surface area contributed by atoms with Gasteiger partial charge in [-0.05, 0) is 31.4 Å². The molecule has 1 aliphatic rings. The Labute approximate surface area is 119 Å². The third-order valence-corrected chi connectivity index (χ3v) is 3.06. The third-order valence-electron chi connectivity index (χ3n) is 3.06. The largest absolute Gasteiger partial charge is 0.478 e. The van der Waals surface area contributed by atoms with Crippen LogP contribution in [0.1, 0.15) is 25.3 Å². The molecule has 2 heterocycles. The van der Waals surface area contributed by atoms with Crippen molar-refractivity contribution in [1.29, 1.82) is 0 Å². The van der Waals surface area contributed by atoms with Crippen molar-refractivity contribution in [2.24, 2.45) is 10.7 Å². The SMILES string of the molecule is CCOc1cc(CN=C(N)NCC2CCCO2)ccn1. The van der Waals surface area contributed by atoms with Crippen molar-refractivity contribution in [2.75, 3.05) is 19.8 Å². The fourth-order valence-electron chi connectivity index (χ4n) is 2.03. The smallest absolute Gasteiger partial charge is 0.213 e. The summed E-state index contributed by atoms with van der Waals surface area (Å²) in [7, 11) is 0. The summed E-state index contributed by atoms with van der Waals surface area (Å²) in [4.78, 5) is 8.41. The minimum atomic E-state index is 0.259. The molecule has 1 aliphatic heterocycles. The second-order valence-electron chi connectivity index (χ2n) is 4.65. The van der Waals surface area contributed by atoms with E-state index in [1.165, 1.54) is 0 Å². The Hall–Kier alpha value is -1.82. The van der Waals surface area contributed by atoms with Crippen LogP contribution in [-0.4, -0.2) is 36.8 Å². The first-order valence-corrected chi connectivity index (χ1v) is 7.01. The fourth-order valence-corrected chi connectivity index (χ4v) is 2.03. The quantitative estimate of drug-likeness (QED) is 0.601. The molecule has 0 radical (unpaired) electrons. The number of hydrogen-bond donors (Lipinski definition) is 2. The van der Waals surface area contributed by atoms with Crippen LogP contribution >= 0.6 is 0 Å². The third kappa shape index (κ3) is 4.70. The van der Waals surface area contributed by atoms with E-state index >= 15 is 0 Å². The second-order valence-corrected chi connectivity index (χ2v) is 4.65. The number of guanidine groups is 1. The average molecular weight is 278 g/mol. The van der Waals surface area contributed by atoms with Gasteiger partial charge >= 0.3 is 0 Å². The molecule has 1 fully saturated rings. The molecule has 2 rings (SSSR count). The summed E-state index contributed by atoms with van der Waals surface area (Å²) >= 11 is 0. The molecule has 0 aliphatic carbocycles. The van der Waals surface area contributed by atoms with Gasteiger partial charge in [-0.25, -0.2) is 9.98 Å². The molecule has 0 amide bonds. The molecule has 1 saturated heterocycles. The number of nitrogens with zero attached hydrogens (tertiary/aromatic N) is 2. The Bertz CT molecular complexity index is 445. The molecule has 6 heteroatoms. The predicted molar refractivity (Wildman–Crippen MR) is 77.7 cm³/mol. The lowest BCUT2D eigenvalue weighted by molar-refractivity contribution is 0.114. The zero-order valence-corrected chi connectivity index (χ0v) is 11.8. The summed E-state index contributed by atoms with van der Waals surface area (Å²) in [5.74, 6) is 1.06. The van der Waals surface area contributed by atoms with Gasteiger partial charge in [-0.2, -0.15) is 0 Å². The molecular formula is C14H22N4O2. The van der Waals surface area contributed by atoms with Crippen LogP contribution in [0.4, 0.5) is 0 Å². The average Bonchev–Trinajstić information content (AvgIpc) is 2.97. The van der Waals surface area contributed by atoms with E-state index in [2.05, 4.69) is 15.3 Å². The molecule has 0 bridgehead atoms. The molecule has 1 unspecified atom stereocenters. The number of nitrogens with one attached hydrogen (secondary N) is 1. The van der Waals surface area contributed by atoms with E-state index in [1.807, 2.05) is 19.1 Å². The molecule has 110 valence electrons. The van der Waals surface area contributed by atoms with Gasteiger partial charge in [0.05, 0.1) is 19.3 Å². The van der Waals surface area contributed by atoms with Crippen molar-refractivity contribution in [3.8, 4) is 5.88 Å². The Kier molecular flexibility index (Phi) is 5.61. The number of aromatic nitrogens is 1. The maximum atomic E-state index is 5.83. The highest BCUT2D eigenvalue weighted by Gasteiger charge is 2.14. The number of ether oxygens (including phenoxy) is 2. The summed E-state index contributed by atoms with van der Waals surface area (Å²) in [6.07, 6.45) is 4.18. The Morgan fingerprint density at radius 3 is 3.30 bits per heavy atom. The zero-order chi connectivity index (χ0) is 14.2. The van der Waals surface area contributed by atoms with Crippen LogP contribution in [0.5, 0.6) is 5.88 Å². The first-order chi connectivity index (χ1) is 9.78. The highest BCUT2D eigenvalue weighted by Crippen LogP contribution is 2.11. The van der Waals surface area contributed by atoms with Gasteiger partial charge in [0.2, 0.25) is 5.88 Å². The van der Waals surface area contributed by atoms with Gasteiger partial charge < -0.3 is 20.5 Å². The van der Waals surface area contributed by atoms with E-state index in [-0.39, 0.29) is 6.10 Å². The van der Waals surface area contributed by atoms with Crippen LogP contribution in [0.15, 0.2) is 23.3 Å². The van der Waals surface area contributed by atoms with E-state index in [1.54, 1.807) is 6.20 Å². The van der Waals surface area contributed by atoms with Crippen molar-refractivity contribution in [1.82, 2.24) is 10.3 Å².